The molecule has 5 nitrogen and oxygen atoms in total. The zero-order valence-electron chi connectivity index (χ0n) is 9.96. The highest BCUT2D eigenvalue weighted by atomic mass is 31.2. The molecule has 17 heavy (non-hydrogen) atoms. The molecule has 1 unspecified atom stereocenters. The molecule has 1 heterocycles. The van der Waals surface area contributed by atoms with Gasteiger partial charge in [-0.25, -0.2) is 0 Å². The number of hydrogen-bond donors (Lipinski definition) is 0. The molecule has 1 atom stereocenters. The average Bonchev–Trinajstić information content (AvgIpc) is 2.79. The Kier molecular flexibility index (Phi) is 5.43. The lowest BCUT2D eigenvalue weighted by Crippen LogP contribution is -2.05. The fourth-order valence-electron chi connectivity index (χ4n) is 1.51. The first-order valence-corrected chi connectivity index (χ1v) is 7.08. The van der Waals surface area contributed by atoms with Crippen molar-refractivity contribution in [1.82, 2.24) is 0 Å². The summed E-state index contributed by atoms with van der Waals surface area (Å²) in [6.07, 6.45) is 1.51. The molecule has 0 saturated heterocycles. The summed E-state index contributed by atoms with van der Waals surface area (Å²) in [6, 6.07) is 5.34. The van der Waals surface area contributed by atoms with E-state index >= 15 is 0 Å². The highest BCUT2D eigenvalue weighted by Gasteiger charge is 2.38. The third kappa shape index (κ3) is 3.44. The van der Waals surface area contributed by atoms with E-state index in [9.17, 15) is 4.57 Å². The van der Waals surface area contributed by atoms with Crippen LogP contribution in [0, 0.1) is 11.3 Å². The van der Waals surface area contributed by atoms with Crippen molar-refractivity contribution >= 4 is 7.60 Å². The average molecular weight is 257 g/mol. The topological polar surface area (TPSA) is 72.5 Å². The molecule has 0 aromatic carbocycles. The van der Waals surface area contributed by atoms with Gasteiger partial charge in [-0.3, -0.25) is 4.57 Å². The Bertz CT molecular complexity index is 400. The molecule has 1 aromatic heterocycles. The molecular weight excluding hydrogens is 241 g/mol. The quantitative estimate of drug-likeness (QED) is 0.699. The van der Waals surface area contributed by atoms with Crippen molar-refractivity contribution in [2.45, 2.75) is 25.9 Å². The summed E-state index contributed by atoms with van der Waals surface area (Å²) in [5.41, 5.74) is -0.664. The van der Waals surface area contributed by atoms with Gasteiger partial charge >= 0.3 is 7.60 Å². The van der Waals surface area contributed by atoms with Crippen LogP contribution >= 0.6 is 7.60 Å². The van der Waals surface area contributed by atoms with Gasteiger partial charge in [0.2, 0.25) is 0 Å². The smallest absolute Gasteiger partial charge is 0.342 e. The Hall–Kier alpha value is -1.08. The third-order valence-electron chi connectivity index (χ3n) is 2.16. The lowest BCUT2D eigenvalue weighted by Gasteiger charge is -2.22. The fourth-order valence-corrected chi connectivity index (χ4v) is 3.43. The number of hydrogen-bond acceptors (Lipinski definition) is 5. The lowest BCUT2D eigenvalue weighted by molar-refractivity contribution is 0.209. The van der Waals surface area contributed by atoms with Gasteiger partial charge in [0.1, 0.15) is 11.4 Å². The summed E-state index contributed by atoms with van der Waals surface area (Å²) in [4.78, 5) is 0. The second-order valence-corrected chi connectivity index (χ2v) is 5.49. The van der Waals surface area contributed by atoms with Crippen LogP contribution < -0.4 is 0 Å². The Morgan fingerprint density at radius 2 is 2.12 bits per heavy atom. The summed E-state index contributed by atoms with van der Waals surface area (Å²) in [5, 5.41) is 8.81. The van der Waals surface area contributed by atoms with E-state index in [0.717, 1.165) is 0 Å². The maximum Gasteiger partial charge on any atom is 0.342 e. The van der Waals surface area contributed by atoms with Gasteiger partial charge in [0.05, 0.1) is 32.0 Å². The summed E-state index contributed by atoms with van der Waals surface area (Å²) in [5.74, 6) is 0.455. The van der Waals surface area contributed by atoms with Gasteiger partial charge in [-0.15, -0.1) is 0 Å². The van der Waals surface area contributed by atoms with Crippen molar-refractivity contribution in [3.63, 3.8) is 0 Å². The molecule has 0 saturated carbocycles. The van der Waals surface area contributed by atoms with Crippen LogP contribution in [0.2, 0.25) is 0 Å². The molecular formula is C11H16NO4P. The SMILES string of the molecule is CCOP(=O)(OCC)C(CC#N)c1ccco1. The molecule has 0 aliphatic heterocycles. The van der Waals surface area contributed by atoms with Crippen molar-refractivity contribution in [2.75, 3.05) is 13.2 Å². The van der Waals surface area contributed by atoms with E-state index in [1.54, 1.807) is 26.0 Å². The minimum Gasteiger partial charge on any atom is -0.468 e. The monoisotopic (exact) mass is 257 g/mol. The number of rotatable bonds is 7. The lowest BCUT2D eigenvalue weighted by atomic mass is 10.2. The van der Waals surface area contributed by atoms with Crippen LogP contribution in [0.1, 0.15) is 31.7 Å². The van der Waals surface area contributed by atoms with Crippen LogP contribution in [0.15, 0.2) is 22.8 Å². The predicted molar refractivity (Wildman–Crippen MR) is 62.5 cm³/mol. The minimum absolute atomic E-state index is 0.0325. The van der Waals surface area contributed by atoms with Crippen LogP contribution in [0.25, 0.3) is 0 Å². The third-order valence-corrected chi connectivity index (χ3v) is 4.59. The molecule has 0 N–H and O–H groups in total. The second-order valence-electron chi connectivity index (χ2n) is 3.27. The molecule has 0 fully saturated rings. The fraction of sp³-hybridized carbons (Fsp3) is 0.545. The van der Waals surface area contributed by atoms with Crippen LogP contribution in [0.3, 0.4) is 0 Å². The van der Waals surface area contributed by atoms with E-state index < -0.39 is 13.3 Å². The summed E-state index contributed by atoms with van der Waals surface area (Å²) in [6.45, 7) is 3.99. The molecule has 1 aromatic rings. The Balaban J connectivity index is 3.02. The van der Waals surface area contributed by atoms with Crippen molar-refractivity contribution in [3.8, 4) is 6.07 Å². The van der Waals surface area contributed by atoms with Crippen LogP contribution in [-0.2, 0) is 13.6 Å². The number of furan rings is 1. The van der Waals surface area contributed by atoms with Crippen LogP contribution in [0.4, 0.5) is 0 Å². The van der Waals surface area contributed by atoms with Gasteiger partial charge in [-0.2, -0.15) is 5.26 Å². The zero-order valence-corrected chi connectivity index (χ0v) is 10.9. The van der Waals surface area contributed by atoms with Gasteiger partial charge < -0.3 is 13.5 Å². The summed E-state index contributed by atoms with van der Waals surface area (Å²) >= 11 is 0. The molecule has 0 aliphatic rings. The molecule has 0 amide bonds. The van der Waals surface area contributed by atoms with E-state index in [1.807, 2.05) is 6.07 Å². The van der Waals surface area contributed by atoms with E-state index in [4.69, 9.17) is 18.7 Å². The highest BCUT2D eigenvalue weighted by Crippen LogP contribution is 2.62. The minimum atomic E-state index is -3.35. The van der Waals surface area contributed by atoms with Gasteiger partial charge in [0, 0.05) is 0 Å². The van der Waals surface area contributed by atoms with Crippen molar-refractivity contribution in [1.29, 1.82) is 5.26 Å². The van der Waals surface area contributed by atoms with E-state index in [0.29, 0.717) is 5.76 Å². The van der Waals surface area contributed by atoms with Crippen molar-refractivity contribution in [2.24, 2.45) is 0 Å². The first-order valence-electron chi connectivity index (χ1n) is 5.47. The molecule has 6 heteroatoms. The molecule has 0 spiro atoms. The number of nitrogens with zero attached hydrogens (tertiary/aromatic N) is 1. The van der Waals surface area contributed by atoms with Gasteiger partial charge in [0.25, 0.3) is 0 Å². The Morgan fingerprint density at radius 3 is 2.53 bits per heavy atom. The van der Waals surface area contributed by atoms with Gasteiger partial charge in [-0.05, 0) is 26.0 Å². The maximum atomic E-state index is 12.5. The molecule has 0 bridgehead atoms. The molecule has 0 aliphatic carbocycles. The number of nitriles is 1. The maximum absolute atomic E-state index is 12.5. The first kappa shape index (κ1) is 14.0. The van der Waals surface area contributed by atoms with Gasteiger partial charge in [0.15, 0.2) is 0 Å². The first-order chi connectivity index (χ1) is 8.18. The standard InChI is InChI=1S/C11H16NO4P/c1-3-15-17(13,16-4-2)11(7-8-12)10-6-5-9-14-10/h5-6,9,11H,3-4,7H2,1-2H3. The zero-order chi connectivity index (χ0) is 12.7. The predicted octanol–water partition coefficient (Wildman–Crippen LogP) is 3.50. The Morgan fingerprint density at radius 1 is 1.47 bits per heavy atom. The largest absolute Gasteiger partial charge is 0.468 e. The second kappa shape index (κ2) is 6.61. The highest BCUT2D eigenvalue weighted by molar-refractivity contribution is 7.54. The summed E-state index contributed by atoms with van der Waals surface area (Å²) < 4.78 is 28.2. The molecule has 94 valence electrons. The summed E-state index contributed by atoms with van der Waals surface area (Å²) in [7, 11) is -3.35. The van der Waals surface area contributed by atoms with Gasteiger partial charge in [-0.1, -0.05) is 0 Å². The van der Waals surface area contributed by atoms with Crippen molar-refractivity contribution < 1.29 is 18.0 Å². The normalized spacial score (nSPS) is 13.2. The molecule has 1 rings (SSSR count). The van der Waals surface area contributed by atoms with E-state index in [2.05, 4.69) is 0 Å². The Labute approximate surface area is 101 Å². The van der Waals surface area contributed by atoms with E-state index in [-0.39, 0.29) is 19.6 Å². The van der Waals surface area contributed by atoms with Crippen LogP contribution in [-0.4, -0.2) is 13.2 Å². The van der Waals surface area contributed by atoms with E-state index in [1.165, 1.54) is 6.26 Å². The molecule has 0 radical (unpaired) electrons. The van der Waals surface area contributed by atoms with Crippen molar-refractivity contribution in [3.05, 3.63) is 24.2 Å². The van der Waals surface area contributed by atoms with Crippen LogP contribution in [0.5, 0.6) is 0 Å².